The molecule has 156 valence electrons. The molecule has 4 aromatic rings. The van der Waals surface area contributed by atoms with Crippen LogP contribution in [-0.4, -0.2) is 14.8 Å². The molecule has 0 atom stereocenters. The largest absolute Gasteiger partial charge is 2.00 e. The van der Waals surface area contributed by atoms with Gasteiger partial charge in [-0.3, -0.25) is 13.5 Å². The Morgan fingerprint density at radius 3 is 2.61 bits per heavy atom. The summed E-state index contributed by atoms with van der Waals surface area (Å²) in [7, 11) is 0. The van der Waals surface area contributed by atoms with Crippen molar-refractivity contribution in [1.82, 2.24) is 14.8 Å². The van der Waals surface area contributed by atoms with Gasteiger partial charge in [0.1, 0.15) is 0 Å². The van der Waals surface area contributed by atoms with Gasteiger partial charge in [0.25, 0.3) is 0 Å². The maximum atomic E-state index is 14.2. The van der Waals surface area contributed by atoms with Crippen LogP contribution in [0.2, 0.25) is 0 Å². The van der Waals surface area contributed by atoms with Crippen molar-refractivity contribution < 1.29 is 29.8 Å². The summed E-state index contributed by atoms with van der Waals surface area (Å²) >= 11 is 0. The van der Waals surface area contributed by atoms with Crippen molar-refractivity contribution in [2.45, 2.75) is 19.3 Å². The van der Waals surface area contributed by atoms with Gasteiger partial charge in [0.2, 0.25) is 0 Å². The van der Waals surface area contributed by atoms with Crippen LogP contribution in [0.4, 0.5) is 8.78 Å². The number of hydrogen-bond acceptors (Lipinski definition) is 3. The zero-order valence-electron chi connectivity index (χ0n) is 16.6. The molecular formula is C24H16F2N4Pt. The first-order valence-electron chi connectivity index (χ1n) is 9.21. The minimum atomic E-state index is -0.713. The van der Waals surface area contributed by atoms with Crippen molar-refractivity contribution in [3.05, 3.63) is 102 Å². The molecule has 2 heterocycles. The average Bonchev–Trinajstić information content (AvgIpc) is 3.25. The molecule has 0 amide bonds. The fraction of sp³-hybridized carbons (Fsp3) is 0.125. The predicted octanol–water partition coefficient (Wildman–Crippen LogP) is 5.01. The zero-order valence-corrected chi connectivity index (χ0v) is 18.9. The Morgan fingerprint density at radius 2 is 1.87 bits per heavy atom. The summed E-state index contributed by atoms with van der Waals surface area (Å²) in [6.45, 7) is 3.93. The second kappa shape index (κ2) is 8.91. The standard InChI is InChI=1S/C24H16F2N4.Pt/c1-24(2,23-11-12-30(29-23)18-6-3-5-16(13-18)15-27)22-8-4-7-21(28-22)19-10-9-17(25)14-20(19)26;/h3-5,7-9,11-14H,1-2H3;/q-2;+2. The van der Waals surface area contributed by atoms with E-state index in [9.17, 15) is 8.78 Å². The molecule has 31 heavy (non-hydrogen) atoms. The van der Waals surface area contributed by atoms with Gasteiger partial charge >= 0.3 is 21.1 Å². The number of aromatic nitrogens is 3. The van der Waals surface area contributed by atoms with E-state index in [0.29, 0.717) is 22.6 Å². The van der Waals surface area contributed by atoms with E-state index in [4.69, 9.17) is 5.26 Å². The van der Waals surface area contributed by atoms with E-state index >= 15 is 0 Å². The smallest absolute Gasteiger partial charge is 0.300 e. The molecule has 2 aromatic carbocycles. The normalized spacial score (nSPS) is 10.9. The molecule has 0 aliphatic carbocycles. The van der Waals surface area contributed by atoms with E-state index in [1.807, 2.05) is 26.0 Å². The Morgan fingerprint density at radius 1 is 1.06 bits per heavy atom. The number of nitriles is 1. The molecule has 0 N–H and O–H groups in total. The molecule has 0 saturated carbocycles. The van der Waals surface area contributed by atoms with Crippen molar-refractivity contribution in [2.24, 2.45) is 0 Å². The minimum Gasteiger partial charge on any atom is -0.300 e. The number of benzene rings is 2. The Bertz CT molecular complexity index is 1270. The number of pyridine rings is 1. The number of halogens is 2. The maximum Gasteiger partial charge on any atom is 2.00 e. The van der Waals surface area contributed by atoms with E-state index in [2.05, 4.69) is 28.3 Å². The van der Waals surface area contributed by atoms with Gasteiger partial charge in [0.05, 0.1) is 17.2 Å². The molecule has 4 nitrogen and oxygen atoms in total. The first-order chi connectivity index (χ1) is 14.4. The molecule has 7 heteroatoms. The van der Waals surface area contributed by atoms with Crippen molar-refractivity contribution in [3.8, 4) is 23.0 Å². The van der Waals surface area contributed by atoms with Gasteiger partial charge in [-0.05, 0) is 37.4 Å². The minimum absolute atomic E-state index is 0. The van der Waals surface area contributed by atoms with E-state index in [1.54, 1.807) is 41.2 Å². The van der Waals surface area contributed by atoms with Crippen LogP contribution in [0, 0.1) is 35.1 Å². The molecule has 0 radical (unpaired) electrons. The topological polar surface area (TPSA) is 54.5 Å². The van der Waals surface area contributed by atoms with Gasteiger partial charge in [-0.25, -0.2) is 0 Å². The van der Waals surface area contributed by atoms with Crippen molar-refractivity contribution >= 4 is 0 Å². The van der Waals surface area contributed by atoms with Crippen molar-refractivity contribution in [2.75, 3.05) is 0 Å². The fourth-order valence-electron chi connectivity index (χ4n) is 3.14. The Balaban J connectivity index is 0.00000272. The van der Waals surface area contributed by atoms with Crippen LogP contribution >= 0.6 is 0 Å². The molecule has 2 aromatic heterocycles. The quantitative estimate of drug-likeness (QED) is 0.313. The fourth-order valence-corrected chi connectivity index (χ4v) is 3.14. The summed E-state index contributed by atoms with van der Waals surface area (Å²) in [6, 6.07) is 21.9. The number of nitrogens with zero attached hydrogens (tertiary/aromatic N) is 4. The van der Waals surface area contributed by atoms with Crippen LogP contribution in [0.15, 0.2) is 60.8 Å². The molecule has 0 aliphatic rings. The van der Waals surface area contributed by atoms with Crippen LogP contribution < -0.4 is 0 Å². The molecular weight excluding hydrogens is 577 g/mol. The summed E-state index contributed by atoms with van der Waals surface area (Å²) in [6.07, 6.45) is 1.79. The summed E-state index contributed by atoms with van der Waals surface area (Å²) in [4.78, 5) is 4.60. The summed E-state index contributed by atoms with van der Waals surface area (Å²) in [5.74, 6) is -1.40. The van der Waals surface area contributed by atoms with Crippen LogP contribution in [0.5, 0.6) is 0 Å². The van der Waals surface area contributed by atoms with Gasteiger partial charge in [-0.2, -0.15) is 28.6 Å². The Hall–Kier alpha value is -3.16. The summed E-state index contributed by atoms with van der Waals surface area (Å²) in [5, 5.41) is 13.7. The van der Waals surface area contributed by atoms with E-state index < -0.39 is 17.0 Å². The molecule has 0 saturated heterocycles. The van der Waals surface area contributed by atoms with E-state index in [-0.39, 0.29) is 26.6 Å². The van der Waals surface area contributed by atoms with Crippen molar-refractivity contribution in [1.29, 1.82) is 5.26 Å². The second-order valence-corrected chi connectivity index (χ2v) is 7.29. The van der Waals surface area contributed by atoms with Crippen molar-refractivity contribution in [3.63, 3.8) is 0 Å². The first-order valence-corrected chi connectivity index (χ1v) is 9.21. The van der Waals surface area contributed by atoms with Gasteiger partial charge in [-0.1, -0.05) is 29.3 Å². The SMILES string of the molecule is CC(C)(c1cccc(-c2[c-]cc(F)cc2F)n1)c1ccn(-c2[c-]ccc(C#N)c2)n1.[Pt+2]. The van der Waals surface area contributed by atoms with Crippen LogP contribution in [-0.2, 0) is 26.5 Å². The monoisotopic (exact) mass is 593 g/mol. The maximum absolute atomic E-state index is 14.2. The zero-order chi connectivity index (χ0) is 21.3. The number of hydrogen-bond donors (Lipinski definition) is 0. The molecule has 0 bridgehead atoms. The van der Waals surface area contributed by atoms with Gasteiger partial charge in [0, 0.05) is 23.5 Å². The van der Waals surface area contributed by atoms with Gasteiger partial charge < -0.3 is 4.98 Å². The first kappa shape index (κ1) is 22.5. The summed E-state index contributed by atoms with van der Waals surface area (Å²) in [5.41, 5.74) is 2.48. The number of rotatable bonds is 4. The Labute approximate surface area is 193 Å². The molecule has 0 fully saturated rings. The third kappa shape index (κ3) is 4.47. The second-order valence-electron chi connectivity index (χ2n) is 7.29. The molecule has 0 aliphatic heterocycles. The predicted molar refractivity (Wildman–Crippen MR) is 108 cm³/mol. The van der Waals surface area contributed by atoms with Crippen LogP contribution in [0.25, 0.3) is 16.9 Å². The molecule has 0 spiro atoms. The van der Waals surface area contributed by atoms with Gasteiger partial charge in [0.15, 0.2) is 0 Å². The van der Waals surface area contributed by atoms with Crippen LogP contribution in [0.1, 0.15) is 30.8 Å². The molecule has 4 rings (SSSR count). The van der Waals surface area contributed by atoms with Gasteiger partial charge in [-0.15, -0.1) is 18.2 Å². The van der Waals surface area contributed by atoms with E-state index in [0.717, 1.165) is 17.8 Å². The third-order valence-corrected chi connectivity index (χ3v) is 4.90. The Kier molecular flexibility index (Phi) is 6.47. The van der Waals surface area contributed by atoms with E-state index in [1.165, 1.54) is 0 Å². The average molecular weight is 593 g/mol. The third-order valence-electron chi connectivity index (χ3n) is 4.90. The summed E-state index contributed by atoms with van der Waals surface area (Å²) < 4.78 is 29.1. The van der Waals surface area contributed by atoms with Crippen LogP contribution in [0.3, 0.4) is 0 Å². The molecule has 0 unspecified atom stereocenters.